The van der Waals surface area contributed by atoms with Gasteiger partial charge in [-0.25, -0.2) is 18.2 Å². The van der Waals surface area contributed by atoms with Gasteiger partial charge in [0.15, 0.2) is 5.16 Å². The van der Waals surface area contributed by atoms with Crippen molar-refractivity contribution in [2.24, 2.45) is 0 Å². The molecule has 0 fully saturated rings. The Balaban J connectivity index is 1.72. The van der Waals surface area contributed by atoms with Crippen LogP contribution in [0.15, 0.2) is 78.1 Å². The minimum absolute atomic E-state index is 0.0174. The third-order valence-corrected chi connectivity index (χ3v) is 5.99. The molecule has 0 unspecified atom stereocenters. The number of thioether (sulfide) groups is 1. The second-order valence-electron chi connectivity index (χ2n) is 6.96. The quantitative estimate of drug-likeness (QED) is 0.304. The first kappa shape index (κ1) is 21.8. The highest BCUT2D eigenvalue weighted by molar-refractivity contribution is 7.98. The van der Waals surface area contributed by atoms with Gasteiger partial charge < -0.3 is 9.64 Å². The molecule has 164 valence electrons. The van der Waals surface area contributed by atoms with Crippen LogP contribution in [0.3, 0.4) is 0 Å². The van der Waals surface area contributed by atoms with E-state index < -0.39 is 11.6 Å². The number of imidazole rings is 1. The molecule has 4 rings (SSSR count). The zero-order valence-corrected chi connectivity index (χ0v) is 18.2. The van der Waals surface area contributed by atoms with E-state index in [0.29, 0.717) is 16.7 Å². The number of anilines is 2. The number of rotatable bonds is 7. The molecule has 1 heterocycles. The Morgan fingerprint density at radius 3 is 2.22 bits per heavy atom. The summed E-state index contributed by atoms with van der Waals surface area (Å²) in [4.78, 5) is 6.41. The second-order valence-corrected chi connectivity index (χ2v) is 7.90. The minimum Gasteiger partial charge on any atom is -0.497 e. The topological polar surface area (TPSA) is 30.3 Å². The van der Waals surface area contributed by atoms with E-state index >= 15 is 0 Å². The van der Waals surface area contributed by atoms with E-state index in [0.717, 1.165) is 11.4 Å². The summed E-state index contributed by atoms with van der Waals surface area (Å²) in [6, 6.07) is 17.3. The summed E-state index contributed by atoms with van der Waals surface area (Å²) < 4.78 is 48.8. The van der Waals surface area contributed by atoms with E-state index in [4.69, 9.17) is 4.74 Å². The van der Waals surface area contributed by atoms with Crippen molar-refractivity contribution in [2.75, 3.05) is 19.1 Å². The second kappa shape index (κ2) is 9.40. The van der Waals surface area contributed by atoms with Crippen molar-refractivity contribution in [3.05, 3.63) is 95.9 Å². The lowest BCUT2D eigenvalue weighted by molar-refractivity contribution is 0.415. The Kier molecular flexibility index (Phi) is 6.41. The lowest BCUT2D eigenvalue weighted by atomic mass is 10.2. The van der Waals surface area contributed by atoms with Gasteiger partial charge >= 0.3 is 0 Å². The molecule has 1 aromatic heterocycles. The van der Waals surface area contributed by atoms with E-state index in [2.05, 4.69) is 4.98 Å². The lowest BCUT2D eigenvalue weighted by Gasteiger charge is -2.22. The molecule has 3 aromatic carbocycles. The molecule has 32 heavy (non-hydrogen) atoms. The molecule has 4 aromatic rings. The van der Waals surface area contributed by atoms with Gasteiger partial charge in [-0.2, -0.15) is 0 Å². The van der Waals surface area contributed by atoms with Crippen LogP contribution in [0, 0.1) is 17.5 Å². The molecule has 0 bridgehead atoms. The molecule has 0 spiro atoms. The smallest absolute Gasteiger partial charge is 0.174 e. The molecule has 0 radical (unpaired) electrons. The Morgan fingerprint density at radius 2 is 1.59 bits per heavy atom. The van der Waals surface area contributed by atoms with Crippen LogP contribution in [-0.2, 0) is 5.75 Å². The van der Waals surface area contributed by atoms with Gasteiger partial charge in [0, 0.05) is 29.7 Å². The average Bonchev–Trinajstić information content (AvgIpc) is 3.22. The van der Waals surface area contributed by atoms with E-state index in [1.807, 2.05) is 40.8 Å². The summed E-state index contributed by atoms with van der Waals surface area (Å²) in [6.45, 7) is 0. The van der Waals surface area contributed by atoms with E-state index in [1.54, 1.807) is 25.4 Å². The molecule has 0 aliphatic carbocycles. The first-order chi connectivity index (χ1) is 15.5. The molecule has 0 aliphatic heterocycles. The van der Waals surface area contributed by atoms with Crippen LogP contribution in [0.4, 0.5) is 24.7 Å². The summed E-state index contributed by atoms with van der Waals surface area (Å²) in [5, 5.41) is 0.523. The summed E-state index contributed by atoms with van der Waals surface area (Å²) >= 11 is 1.20. The van der Waals surface area contributed by atoms with Crippen LogP contribution in [0.2, 0.25) is 0 Å². The average molecular weight is 456 g/mol. The molecule has 0 aliphatic rings. The van der Waals surface area contributed by atoms with Gasteiger partial charge in [-0.3, -0.25) is 4.57 Å². The van der Waals surface area contributed by atoms with Crippen molar-refractivity contribution >= 4 is 23.3 Å². The van der Waals surface area contributed by atoms with Crippen molar-refractivity contribution in [3.8, 4) is 11.4 Å². The summed E-state index contributed by atoms with van der Waals surface area (Å²) in [6.07, 6.45) is 1.67. The van der Waals surface area contributed by atoms with Crippen molar-refractivity contribution in [2.45, 2.75) is 10.9 Å². The summed E-state index contributed by atoms with van der Waals surface area (Å²) in [5.74, 6) is -0.0688. The van der Waals surface area contributed by atoms with Gasteiger partial charge in [0.2, 0.25) is 0 Å². The van der Waals surface area contributed by atoms with Crippen molar-refractivity contribution in [3.63, 3.8) is 0 Å². The predicted octanol–water partition coefficient (Wildman–Crippen LogP) is 6.36. The van der Waals surface area contributed by atoms with E-state index in [-0.39, 0.29) is 17.1 Å². The molecule has 4 nitrogen and oxygen atoms in total. The largest absolute Gasteiger partial charge is 0.497 e. The first-order valence-electron chi connectivity index (χ1n) is 9.75. The zero-order chi connectivity index (χ0) is 22.7. The van der Waals surface area contributed by atoms with Gasteiger partial charge in [-0.05, 0) is 60.7 Å². The zero-order valence-electron chi connectivity index (χ0n) is 17.4. The van der Waals surface area contributed by atoms with Gasteiger partial charge in [-0.15, -0.1) is 0 Å². The number of hydrogen-bond acceptors (Lipinski definition) is 4. The van der Waals surface area contributed by atoms with Gasteiger partial charge in [0.05, 0.1) is 13.3 Å². The SMILES string of the molecule is COc1ccc(N(C)c2cnc(SCc3c(F)cccc3F)n2-c2ccc(F)cc2)cc1. The first-order valence-corrected chi connectivity index (χ1v) is 10.7. The number of aromatic nitrogens is 2. The Labute approximate surface area is 188 Å². The maximum Gasteiger partial charge on any atom is 0.174 e. The third-order valence-electron chi connectivity index (χ3n) is 5.01. The number of benzene rings is 3. The van der Waals surface area contributed by atoms with Crippen molar-refractivity contribution < 1.29 is 17.9 Å². The van der Waals surface area contributed by atoms with Gasteiger partial charge in [0.25, 0.3) is 0 Å². The van der Waals surface area contributed by atoms with E-state index in [9.17, 15) is 13.2 Å². The maximum absolute atomic E-state index is 14.1. The van der Waals surface area contributed by atoms with Crippen LogP contribution in [0.5, 0.6) is 5.75 Å². The van der Waals surface area contributed by atoms with Crippen LogP contribution < -0.4 is 9.64 Å². The third kappa shape index (κ3) is 4.45. The summed E-state index contributed by atoms with van der Waals surface area (Å²) in [7, 11) is 3.48. The van der Waals surface area contributed by atoms with Gasteiger partial charge in [0.1, 0.15) is 29.0 Å². The van der Waals surface area contributed by atoms with Gasteiger partial charge in [-0.1, -0.05) is 17.8 Å². The molecule has 0 N–H and O–H groups in total. The number of ether oxygens (including phenoxy) is 1. The van der Waals surface area contributed by atoms with Crippen LogP contribution >= 0.6 is 11.8 Å². The van der Waals surface area contributed by atoms with Crippen molar-refractivity contribution in [1.82, 2.24) is 9.55 Å². The highest BCUT2D eigenvalue weighted by Gasteiger charge is 2.18. The minimum atomic E-state index is -0.604. The highest BCUT2D eigenvalue weighted by Crippen LogP contribution is 2.34. The highest BCUT2D eigenvalue weighted by atomic mass is 32.2. The number of halogens is 3. The fourth-order valence-corrected chi connectivity index (χ4v) is 4.25. The molecule has 0 saturated heterocycles. The normalized spacial score (nSPS) is 10.9. The Hall–Kier alpha value is -3.39. The van der Waals surface area contributed by atoms with Crippen LogP contribution in [0.25, 0.3) is 5.69 Å². The molecule has 0 atom stereocenters. The maximum atomic E-state index is 14.1. The standard InChI is InChI=1S/C24H20F3N3OS/c1-29(17-10-12-19(31-2)13-11-17)23-14-28-24(30(23)18-8-6-16(25)7-9-18)32-15-20-21(26)4-3-5-22(20)27/h3-14H,15H2,1-2H3. The van der Waals surface area contributed by atoms with Crippen molar-refractivity contribution in [1.29, 1.82) is 0 Å². The molecular weight excluding hydrogens is 435 g/mol. The molecule has 0 amide bonds. The lowest BCUT2D eigenvalue weighted by Crippen LogP contribution is -2.14. The molecular formula is C24H20F3N3OS. The molecule has 8 heteroatoms. The predicted molar refractivity (Wildman–Crippen MR) is 120 cm³/mol. The molecule has 0 saturated carbocycles. The number of nitrogens with zero attached hydrogens (tertiary/aromatic N) is 3. The fraction of sp³-hybridized carbons (Fsp3) is 0.125. The Bertz CT molecular complexity index is 1190. The fourth-order valence-electron chi connectivity index (χ4n) is 3.24. The van der Waals surface area contributed by atoms with Crippen LogP contribution in [0.1, 0.15) is 5.56 Å². The number of hydrogen-bond donors (Lipinski definition) is 0. The monoisotopic (exact) mass is 455 g/mol. The Morgan fingerprint density at radius 1 is 0.938 bits per heavy atom. The number of methoxy groups -OCH3 is 1. The van der Waals surface area contributed by atoms with E-state index in [1.165, 1.54) is 42.1 Å². The summed E-state index contributed by atoms with van der Waals surface area (Å²) in [5.41, 5.74) is 1.54. The van der Waals surface area contributed by atoms with Crippen LogP contribution in [-0.4, -0.2) is 23.7 Å².